The maximum Gasteiger partial charge on any atom is 1.00 e. The first-order valence-corrected chi connectivity index (χ1v) is 5.40. The maximum absolute atomic E-state index is 10.5. The van der Waals surface area contributed by atoms with E-state index in [1.807, 2.05) is 0 Å². The van der Waals surface area contributed by atoms with E-state index < -0.39 is 16.5 Å². The molecule has 0 aromatic rings. The van der Waals surface area contributed by atoms with Gasteiger partial charge in [0.2, 0.25) is 0 Å². The van der Waals surface area contributed by atoms with Crippen LogP contribution in [-0.2, 0) is 11.1 Å². The summed E-state index contributed by atoms with van der Waals surface area (Å²) in [7, 11) is 0. The van der Waals surface area contributed by atoms with E-state index in [-0.39, 0.29) is 35.3 Å². The molecule has 3 nitrogen and oxygen atoms in total. The van der Waals surface area contributed by atoms with Crippen LogP contribution in [0.3, 0.4) is 0 Å². The zero-order valence-electron chi connectivity index (χ0n) is 7.91. The van der Waals surface area contributed by atoms with Gasteiger partial charge in [-0.15, -0.1) is 0 Å². The average Bonchev–Trinajstić information content (AvgIpc) is 2.05. The summed E-state index contributed by atoms with van der Waals surface area (Å²) in [4.78, 5) is 0. The molecule has 0 heterocycles. The third-order valence-electron chi connectivity index (χ3n) is 2.44. The molecule has 1 unspecified atom stereocenters. The monoisotopic (exact) mass is 209 g/mol. The molecule has 13 heavy (non-hydrogen) atoms. The molecule has 0 spiro atoms. The van der Waals surface area contributed by atoms with Crippen LogP contribution in [0.4, 0.5) is 0 Å². The first kappa shape index (κ1) is 13.6. The van der Waals surface area contributed by atoms with Gasteiger partial charge in [-0.1, -0.05) is 30.3 Å². The Labute approximate surface area is 103 Å². The Hall–Kier alpha value is 0.600. The van der Waals surface area contributed by atoms with Crippen LogP contribution in [-0.4, -0.2) is 14.5 Å². The third-order valence-corrected chi connectivity index (χ3v) is 3.23. The van der Waals surface area contributed by atoms with Gasteiger partial charge >= 0.3 is 29.6 Å². The summed E-state index contributed by atoms with van der Waals surface area (Å²) >= 11 is -2.07. The van der Waals surface area contributed by atoms with Gasteiger partial charge in [0, 0.05) is 5.75 Å². The van der Waals surface area contributed by atoms with E-state index in [0.29, 0.717) is 0 Å². The predicted octanol–water partition coefficient (Wildman–Crippen LogP) is -1.66. The summed E-state index contributed by atoms with van der Waals surface area (Å²) in [5.74, 6) is 0.0174. The Morgan fingerprint density at radius 1 is 1.38 bits per heavy atom. The van der Waals surface area contributed by atoms with Gasteiger partial charge in [0.25, 0.3) is 0 Å². The van der Waals surface area contributed by atoms with Crippen molar-refractivity contribution in [1.29, 1.82) is 5.26 Å². The molecule has 68 valence electrons. The van der Waals surface area contributed by atoms with Gasteiger partial charge in [-0.3, -0.25) is 4.21 Å². The fourth-order valence-electron chi connectivity index (χ4n) is 1.74. The largest absolute Gasteiger partial charge is 1.00 e. The molecule has 0 N–H and O–H groups in total. The van der Waals surface area contributed by atoms with Gasteiger partial charge in [-0.25, -0.2) is 0 Å². The van der Waals surface area contributed by atoms with E-state index >= 15 is 0 Å². The van der Waals surface area contributed by atoms with Crippen LogP contribution in [0.25, 0.3) is 0 Å². The first-order valence-electron chi connectivity index (χ1n) is 4.16. The van der Waals surface area contributed by atoms with E-state index in [4.69, 9.17) is 5.26 Å². The van der Waals surface area contributed by atoms with Crippen LogP contribution in [0.2, 0.25) is 0 Å². The Morgan fingerprint density at radius 2 is 1.92 bits per heavy atom. The van der Waals surface area contributed by atoms with Gasteiger partial charge in [-0.05, 0) is 12.8 Å². The molecule has 1 saturated carbocycles. The van der Waals surface area contributed by atoms with Gasteiger partial charge in [0.1, 0.15) is 0 Å². The number of hydrogen-bond donors (Lipinski definition) is 0. The normalized spacial score (nSPS) is 22.5. The molecule has 5 heteroatoms. The van der Waals surface area contributed by atoms with Crippen LogP contribution >= 0.6 is 0 Å². The second-order valence-electron chi connectivity index (χ2n) is 3.40. The van der Waals surface area contributed by atoms with Crippen LogP contribution in [0.5, 0.6) is 0 Å². The smallest absolute Gasteiger partial charge is 0.772 e. The van der Waals surface area contributed by atoms with Crippen LogP contribution in [0.1, 0.15) is 32.1 Å². The molecule has 1 atom stereocenters. The van der Waals surface area contributed by atoms with E-state index in [9.17, 15) is 8.76 Å². The van der Waals surface area contributed by atoms with Crippen LogP contribution in [0, 0.1) is 16.7 Å². The van der Waals surface area contributed by atoms with E-state index in [0.717, 1.165) is 32.1 Å². The van der Waals surface area contributed by atoms with Crippen molar-refractivity contribution < 1.29 is 38.3 Å². The Balaban J connectivity index is 0.00000144. The van der Waals surface area contributed by atoms with Gasteiger partial charge in [-0.2, -0.15) is 5.26 Å². The van der Waals surface area contributed by atoms with Crippen molar-refractivity contribution in [2.45, 2.75) is 32.1 Å². The minimum absolute atomic E-state index is 0. The molecular formula is C8H12NNaO2S. The molecule has 1 rings (SSSR count). The van der Waals surface area contributed by atoms with E-state index in [1.165, 1.54) is 0 Å². The summed E-state index contributed by atoms with van der Waals surface area (Å²) in [6.07, 6.45) is 4.61. The standard InChI is InChI=1S/C8H13NO2S.Na/c9-6-8(7-12(10)11)4-2-1-3-5-8;/h1-5,7H2,(H,10,11);/q;+1/p-1. The number of hydrogen-bond acceptors (Lipinski definition) is 3. The van der Waals surface area contributed by atoms with Gasteiger partial charge in [0.05, 0.1) is 11.5 Å². The molecule has 1 aliphatic rings. The summed E-state index contributed by atoms with van der Waals surface area (Å²) in [5.41, 5.74) is -0.565. The van der Waals surface area contributed by atoms with Crippen molar-refractivity contribution in [2.24, 2.45) is 5.41 Å². The number of nitrogens with zero attached hydrogens (tertiary/aromatic N) is 1. The zero-order valence-corrected chi connectivity index (χ0v) is 10.7. The van der Waals surface area contributed by atoms with E-state index in [2.05, 4.69) is 6.07 Å². The molecule has 1 fully saturated rings. The minimum Gasteiger partial charge on any atom is -0.772 e. The average molecular weight is 209 g/mol. The van der Waals surface area contributed by atoms with Gasteiger partial charge in [0.15, 0.2) is 0 Å². The predicted molar refractivity (Wildman–Crippen MR) is 44.9 cm³/mol. The fraction of sp³-hybridized carbons (Fsp3) is 0.875. The Morgan fingerprint density at radius 3 is 2.31 bits per heavy atom. The van der Waals surface area contributed by atoms with Gasteiger partial charge < -0.3 is 4.55 Å². The molecule has 0 aromatic heterocycles. The number of rotatable bonds is 2. The molecule has 0 bridgehead atoms. The third kappa shape index (κ3) is 4.09. The van der Waals surface area contributed by atoms with Crippen molar-refractivity contribution in [1.82, 2.24) is 0 Å². The molecule has 1 aliphatic carbocycles. The van der Waals surface area contributed by atoms with Crippen molar-refractivity contribution in [3.05, 3.63) is 0 Å². The minimum atomic E-state index is -2.07. The molecule has 0 radical (unpaired) electrons. The molecule has 0 aliphatic heterocycles. The zero-order chi connectivity index (χ0) is 9.03. The topological polar surface area (TPSA) is 63.9 Å². The molecule has 0 aromatic carbocycles. The summed E-state index contributed by atoms with van der Waals surface area (Å²) < 4.78 is 21.0. The van der Waals surface area contributed by atoms with Crippen molar-refractivity contribution in [3.63, 3.8) is 0 Å². The van der Waals surface area contributed by atoms with Crippen molar-refractivity contribution in [3.8, 4) is 6.07 Å². The molecular weight excluding hydrogens is 197 g/mol. The van der Waals surface area contributed by atoms with Crippen LogP contribution in [0.15, 0.2) is 0 Å². The Kier molecular flexibility index (Phi) is 6.44. The summed E-state index contributed by atoms with van der Waals surface area (Å²) in [5, 5.41) is 8.87. The van der Waals surface area contributed by atoms with Crippen molar-refractivity contribution in [2.75, 3.05) is 5.75 Å². The quantitative estimate of drug-likeness (QED) is 0.404. The summed E-state index contributed by atoms with van der Waals surface area (Å²) in [6, 6.07) is 2.16. The van der Waals surface area contributed by atoms with Crippen LogP contribution < -0.4 is 29.6 Å². The number of nitriles is 1. The second kappa shape index (κ2) is 6.15. The first-order chi connectivity index (χ1) is 5.68. The SMILES string of the molecule is N#CC1(CS(=O)[O-])CCCCC1.[Na+]. The fourth-order valence-corrected chi connectivity index (χ4v) is 2.55. The van der Waals surface area contributed by atoms with E-state index in [1.54, 1.807) is 0 Å². The summed E-state index contributed by atoms with van der Waals surface area (Å²) in [6.45, 7) is 0. The van der Waals surface area contributed by atoms with Crippen molar-refractivity contribution >= 4 is 11.1 Å². The second-order valence-corrected chi connectivity index (χ2v) is 4.30. The maximum atomic E-state index is 10.5. The molecule has 0 saturated heterocycles. The Bertz CT molecular complexity index is 221. The molecule has 0 amide bonds.